The van der Waals surface area contributed by atoms with E-state index >= 15 is 0 Å². The van der Waals surface area contributed by atoms with Crippen LogP contribution in [0.5, 0.6) is 0 Å². The van der Waals surface area contributed by atoms with Crippen LogP contribution in [0.4, 0.5) is 0 Å². The number of nitrogens with one attached hydrogen (secondary N) is 1. The molecule has 0 spiro atoms. The SMILES string of the molecule is CCN(CC)C(=O)c1ccc(S(=O)(=O)NCc2ccccc2CN(C)C)cc1. The summed E-state index contributed by atoms with van der Waals surface area (Å²) in [5, 5.41) is 0. The summed E-state index contributed by atoms with van der Waals surface area (Å²) in [6, 6.07) is 13.9. The highest BCUT2D eigenvalue weighted by Crippen LogP contribution is 2.15. The van der Waals surface area contributed by atoms with Gasteiger partial charge in [0.25, 0.3) is 5.91 Å². The van der Waals surface area contributed by atoms with E-state index in [-0.39, 0.29) is 17.3 Å². The highest BCUT2D eigenvalue weighted by Gasteiger charge is 2.17. The van der Waals surface area contributed by atoms with Crippen molar-refractivity contribution < 1.29 is 13.2 Å². The van der Waals surface area contributed by atoms with Crippen LogP contribution in [0.3, 0.4) is 0 Å². The van der Waals surface area contributed by atoms with Crippen LogP contribution in [0, 0.1) is 0 Å². The topological polar surface area (TPSA) is 69.7 Å². The molecule has 1 N–H and O–H groups in total. The van der Waals surface area contributed by atoms with Gasteiger partial charge in [0.05, 0.1) is 4.90 Å². The zero-order valence-corrected chi connectivity index (χ0v) is 17.8. The van der Waals surface area contributed by atoms with Gasteiger partial charge < -0.3 is 9.80 Å². The number of rotatable bonds is 9. The van der Waals surface area contributed by atoms with Crippen molar-refractivity contribution in [3.8, 4) is 0 Å². The molecular formula is C21H29N3O3S. The summed E-state index contributed by atoms with van der Waals surface area (Å²) in [6.45, 7) is 6.01. The first kappa shape index (κ1) is 22.1. The fourth-order valence-corrected chi connectivity index (χ4v) is 3.96. The highest BCUT2D eigenvalue weighted by atomic mass is 32.2. The number of carbonyl (C=O) groups is 1. The van der Waals surface area contributed by atoms with Gasteiger partial charge >= 0.3 is 0 Å². The van der Waals surface area contributed by atoms with Gasteiger partial charge in [-0.05, 0) is 63.3 Å². The largest absolute Gasteiger partial charge is 0.339 e. The maximum absolute atomic E-state index is 12.6. The minimum Gasteiger partial charge on any atom is -0.339 e. The first-order chi connectivity index (χ1) is 13.3. The third kappa shape index (κ3) is 5.64. The van der Waals surface area contributed by atoms with Gasteiger partial charge in [-0.25, -0.2) is 13.1 Å². The van der Waals surface area contributed by atoms with Crippen molar-refractivity contribution in [1.29, 1.82) is 0 Å². The molecule has 0 unspecified atom stereocenters. The van der Waals surface area contributed by atoms with Crippen LogP contribution < -0.4 is 4.72 Å². The molecule has 2 rings (SSSR count). The summed E-state index contributed by atoms with van der Waals surface area (Å²) in [5.74, 6) is -0.0977. The summed E-state index contributed by atoms with van der Waals surface area (Å²) in [7, 11) is 0.282. The minimum atomic E-state index is -3.67. The number of hydrogen-bond acceptors (Lipinski definition) is 4. The van der Waals surface area contributed by atoms with Crippen molar-refractivity contribution in [2.45, 2.75) is 31.8 Å². The van der Waals surface area contributed by atoms with Crippen molar-refractivity contribution in [2.75, 3.05) is 27.2 Å². The molecule has 0 heterocycles. The van der Waals surface area contributed by atoms with Crippen molar-refractivity contribution in [3.63, 3.8) is 0 Å². The van der Waals surface area contributed by atoms with Gasteiger partial charge in [0.2, 0.25) is 10.0 Å². The Bertz CT molecular complexity index is 889. The molecule has 0 radical (unpaired) electrons. The molecule has 0 aliphatic heterocycles. The average Bonchev–Trinajstić information content (AvgIpc) is 2.68. The lowest BCUT2D eigenvalue weighted by atomic mass is 10.1. The Kier molecular flexibility index (Phi) is 7.74. The van der Waals surface area contributed by atoms with Gasteiger partial charge in [0.1, 0.15) is 0 Å². The molecule has 6 nitrogen and oxygen atoms in total. The smallest absolute Gasteiger partial charge is 0.253 e. The molecule has 0 saturated carbocycles. The van der Waals surface area contributed by atoms with Crippen LogP contribution in [-0.2, 0) is 23.1 Å². The second kappa shape index (κ2) is 9.82. The van der Waals surface area contributed by atoms with E-state index in [1.807, 2.05) is 57.1 Å². The maximum Gasteiger partial charge on any atom is 0.253 e. The van der Waals surface area contributed by atoms with Crippen molar-refractivity contribution >= 4 is 15.9 Å². The summed E-state index contributed by atoms with van der Waals surface area (Å²) in [4.78, 5) is 16.2. The number of benzene rings is 2. The zero-order chi connectivity index (χ0) is 20.7. The van der Waals surface area contributed by atoms with Crippen LogP contribution >= 0.6 is 0 Å². The number of nitrogens with zero attached hydrogens (tertiary/aromatic N) is 2. The molecule has 2 aromatic rings. The van der Waals surface area contributed by atoms with Gasteiger partial charge in [0.15, 0.2) is 0 Å². The Balaban J connectivity index is 2.12. The quantitative estimate of drug-likeness (QED) is 0.699. The highest BCUT2D eigenvalue weighted by molar-refractivity contribution is 7.89. The van der Waals surface area contributed by atoms with Gasteiger partial charge in [-0.2, -0.15) is 0 Å². The molecule has 0 aromatic heterocycles. The molecule has 0 bridgehead atoms. The third-order valence-electron chi connectivity index (χ3n) is 4.52. The van der Waals surface area contributed by atoms with E-state index in [0.717, 1.165) is 17.7 Å². The molecule has 1 amide bonds. The molecule has 0 aliphatic carbocycles. The predicted octanol–water partition coefficient (Wildman–Crippen LogP) is 2.71. The maximum atomic E-state index is 12.6. The fraction of sp³-hybridized carbons (Fsp3) is 0.381. The second-order valence-electron chi connectivity index (χ2n) is 6.83. The Morgan fingerprint density at radius 1 is 0.929 bits per heavy atom. The predicted molar refractivity (Wildman–Crippen MR) is 112 cm³/mol. The molecule has 0 aliphatic rings. The van der Waals surface area contributed by atoms with Gasteiger partial charge in [-0.1, -0.05) is 24.3 Å². The fourth-order valence-electron chi connectivity index (χ4n) is 2.95. The van der Waals surface area contributed by atoms with Crippen LogP contribution in [0.2, 0.25) is 0 Å². The Hall–Kier alpha value is -2.22. The van der Waals surface area contributed by atoms with Crippen LogP contribution in [0.25, 0.3) is 0 Å². The molecule has 152 valence electrons. The van der Waals surface area contributed by atoms with E-state index in [4.69, 9.17) is 0 Å². The number of hydrogen-bond donors (Lipinski definition) is 1. The van der Waals surface area contributed by atoms with Crippen LogP contribution in [0.15, 0.2) is 53.4 Å². The van der Waals surface area contributed by atoms with Gasteiger partial charge in [-0.3, -0.25) is 4.79 Å². The zero-order valence-electron chi connectivity index (χ0n) is 17.0. The number of carbonyl (C=O) groups excluding carboxylic acids is 1. The molecule has 2 aromatic carbocycles. The molecule has 0 saturated heterocycles. The Labute approximate surface area is 168 Å². The summed E-state index contributed by atoms with van der Waals surface area (Å²) in [6.07, 6.45) is 0. The standard InChI is InChI=1S/C21H29N3O3S/c1-5-24(6-2)21(25)17-11-13-20(14-12-17)28(26,27)22-15-18-9-7-8-10-19(18)16-23(3)4/h7-14,22H,5-6,15-16H2,1-4H3. The molecule has 0 atom stereocenters. The summed E-state index contributed by atoms with van der Waals surface area (Å²) >= 11 is 0. The van der Waals surface area contributed by atoms with Gasteiger partial charge in [0, 0.05) is 31.7 Å². The van der Waals surface area contributed by atoms with E-state index in [0.29, 0.717) is 18.7 Å². The average molecular weight is 404 g/mol. The van der Waals surface area contributed by atoms with E-state index in [2.05, 4.69) is 4.72 Å². The monoisotopic (exact) mass is 403 g/mol. The second-order valence-corrected chi connectivity index (χ2v) is 8.60. The van der Waals surface area contributed by atoms with Crippen molar-refractivity contribution in [3.05, 3.63) is 65.2 Å². The minimum absolute atomic E-state index is 0.0977. The van der Waals surface area contributed by atoms with E-state index in [1.54, 1.807) is 17.0 Å². The van der Waals surface area contributed by atoms with E-state index < -0.39 is 10.0 Å². The summed E-state index contributed by atoms with van der Waals surface area (Å²) in [5.41, 5.74) is 2.50. The lowest BCUT2D eigenvalue weighted by molar-refractivity contribution is 0.0773. The number of amides is 1. The number of sulfonamides is 1. The Morgan fingerprint density at radius 2 is 1.50 bits per heavy atom. The molecule has 28 heavy (non-hydrogen) atoms. The molecule has 0 fully saturated rings. The van der Waals surface area contributed by atoms with E-state index in [9.17, 15) is 13.2 Å². The summed E-state index contributed by atoms with van der Waals surface area (Å²) < 4.78 is 28.0. The first-order valence-electron chi connectivity index (χ1n) is 9.39. The van der Waals surface area contributed by atoms with Crippen molar-refractivity contribution in [2.24, 2.45) is 0 Å². The van der Waals surface area contributed by atoms with E-state index in [1.165, 1.54) is 12.1 Å². The van der Waals surface area contributed by atoms with Crippen LogP contribution in [0.1, 0.15) is 35.3 Å². The van der Waals surface area contributed by atoms with Gasteiger partial charge in [-0.15, -0.1) is 0 Å². The van der Waals surface area contributed by atoms with Crippen molar-refractivity contribution in [1.82, 2.24) is 14.5 Å². The van der Waals surface area contributed by atoms with Crippen LogP contribution in [-0.4, -0.2) is 51.3 Å². The Morgan fingerprint density at radius 3 is 2.04 bits per heavy atom. The third-order valence-corrected chi connectivity index (χ3v) is 5.94. The molecule has 7 heteroatoms. The molecular weight excluding hydrogens is 374 g/mol. The normalized spacial score (nSPS) is 11.6. The lowest BCUT2D eigenvalue weighted by Gasteiger charge is -2.18. The lowest BCUT2D eigenvalue weighted by Crippen LogP contribution is -2.30. The first-order valence-corrected chi connectivity index (χ1v) is 10.9.